The lowest BCUT2D eigenvalue weighted by Gasteiger charge is -2.45. The number of hydrogen-bond donors (Lipinski definition) is 1. The van der Waals surface area contributed by atoms with E-state index in [1.165, 1.54) is 42.9 Å². The zero-order valence-electron chi connectivity index (χ0n) is 19.3. The number of hydrogen-bond acceptors (Lipinski definition) is 5. The van der Waals surface area contributed by atoms with E-state index in [0.717, 1.165) is 61.2 Å². The van der Waals surface area contributed by atoms with Crippen molar-refractivity contribution in [2.75, 3.05) is 45.2 Å². The summed E-state index contributed by atoms with van der Waals surface area (Å²) in [4.78, 5) is 21.0. The summed E-state index contributed by atoms with van der Waals surface area (Å²) >= 11 is 0. The molecule has 4 heterocycles. The maximum atomic E-state index is 5.12. The smallest absolute Gasteiger partial charge is 0.121 e. The first-order valence-electron chi connectivity index (χ1n) is 12.2. The molecule has 0 saturated carbocycles. The first kappa shape index (κ1) is 20.2. The highest BCUT2D eigenvalue weighted by molar-refractivity contribution is 5.89. The number of likely N-dealkylation sites (tertiary alicyclic amines) is 1. The molecular formula is C26H34N6. The van der Waals surface area contributed by atoms with E-state index in [0.29, 0.717) is 6.04 Å². The van der Waals surface area contributed by atoms with E-state index in [1.807, 2.05) is 6.20 Å². The fourth-order valence-corrected chi connectivity index (χ4v) is 6.49. The number of benzene rings is 1. The monoisotopic (exact) mass is 430 g/mol. The Labute approximate surface area is 190 Å². The molecule has 1 aliphatic carbocycles. The Balaban J connectivity index is 1.24. The maximum Gasteiger partial charge on any atom is 0.121 e. The van der Waals surface area contributed by atoms with Gasteiger partial charge in [0.15, 0.2) is 0 Å². The van der Waals surface area contributed by atoms with Gasteiger partial charge >= 0.3 is 0 Å². The second kappa shape index (κ2) is 8.16. The molecule has 2 aromatic heterocycles. The number of aryl methyl sites for hydroxylation is 1. The molecule has 3 aromatic rings. The molecular weight excluding hydrogens is 396 g/mol. The van der Waals surface area contributed by atoms with Crippen LogP contribution in [0.25, 0.3) is 11.0 Å². The number of nitrogens with one attached hydrogen (secondary N) is 1. The van der Waals surface area contributed by atoms with Crippen LogP contribution in [-0.4, -0.2) is 65.0 Å². The van der Waals surface area contributed by atoms with Gasteiger partial charge in [-0.1, -0.05) is 12.1 Å². The molecule has 2 aliphatic heterocycles. The fraction of sp³-hybridized carbons (Fsp3) is 0.538. The summed E-state index contributed by atoms with van der Waals surface area (Å²) in [5.74, 6) is 2.59. The Kier molecular flexibility index (Phi) is 5.15. The van der Waals surface area contributed by atoms with Crippen molar-refractivity contribution in [3.8, 4) is 0 Å². The number of fused-ring (bicyclic) bond motifs is 4. The summed E-state index contributed by atoms with van der Waals surface area (Å²) in [6.07, 6.45) is 6.85. The largest absolute Gasteiger partial charge is 0.369 e. The highest BCUT2D eigenvalue weighted by Gasteiger charge is 2.33. The molecule has 1 unspecified atom stereocenters. The van der Waals surface area contributed by atoms with Gasteiger partial charge in [-0.2, -0.15) is 0 Å². The highest BCUT2D eigenvalue weighted by atomic mass is 15.2. The summed E-state index contributed by atoms with van der Waals surface area (Å²) in [6, 6.07) is 11.3. The number of aromatic amines is 1. The lowest BCUT2D eigenvalue weighted by Crippen LogP contribution is -2.51. The van der Waals surface area contributed by atoms with Crippen molar-refractivity contribution in [3.05, 3.63) is 53.6 Å². The molecule has 0 spiro atoms. The number of anilines is 1. The first-order chi connectivity index (χ1) is 15.6. The molecule has 0 amide bonds. The van der Waals surface area contributed by atoms with Crippen molar-refractivity contribution in [2.24, 2.45) is 11.8 Å². The van der Waals surface area contributed by atoms with Crippen molar-refractivity contribution in [1.82, 2.24) is 24.8 Å². The lowest BCUT2D eigenvalue weighted by atomic mass is 9.84. The Morgan fingerprint density at radius 2 is 1.94 bits per heavy atom. The van der Waals surface area contributed by atoms with E-state index >= 15 is 0 Å². The minimum Gasteiger partial charge on any atom is -0.369 e. The van der Waals surface area contributed by atoms with Crippen molar-refractivity contribution in [3.63, 3.8) is 0 Å². The molecule has 2 saturated heterocycles. The van der Waals surface area contributed by atoms with Gasteiger partial charge in [-0.3, -0.25) is 9.88 Å². The predicted molar refractivity (Wildman–Crippen MR) is 129 cm³/mol. The van der Waals surface area contributed by atoms with Crippen LogP contribution in [0.3, 0.4) is 0 Å². The van der Waals surface area contributed by atoms with E-state index < -0.39 is 0 Å². The minimum absolute atomic E-state index is 0.367. The number of aromatic nitrogens is 3. The number of nitrogens with zero attached hydrogens (tertiary/aromatic N) is 5. The number of H-pyrrole nitrogens is 1. The van der Waals surface area contributed by atoms with Crippen LogP contribution in [0, 0.1) is 11.8 Å². The lowest BCUT2D eigenvalue weighted by molar-refractivity contribution is 0.133. The SMILES string of the molecule is CN1C[C@H]2C[C@H](C1)CN(c1cccc3[nH]c(CN(C)C4CCCc5cccnc54)nc13)C2. The van der Waals surface area contributed by atoms with Crippen LogP contribution in [0.4, 0.5) is 5.69 Å². The number of pyridine rings is 1. The van der Waals surface area contributed by atoms with Gasteiger partial charge in [-0.25, -0.2) is 4.98 Å². The summed E-state index contributed by atoms with van der Waals surface area (Å²) < 4.78 is 0. The van der Waals surface area contributed by atoms with Gasteiger partial charge in [0, 0.05) is 32.4 Å². The minimum atomic E-state index is 0.367. The van der Waals surface area contributed by atoms with E-state index in [-0.39, 0.29) is 0 Å². The fourth-order valence-electron chi connectivity index (χ4n) is 6.49. The predicted octanol–water partition coefficient (Wildman–Crippen LogP) is 3.86. The van der Waals surface area contributed by atoms with E-state index in [4.69, 9.17) is 9.97 Å². The first-order valence-corrected chi connectivity index (χ1v) is 12.2. The standard InChI is InChI=1S/C26H34N6/c1-30-13-18-12-19(14-30)16-32(15-18)23-10-4-8-21-26(23)29-24(28-21)17-31(2)22-9-3-6-20-7-5-11-27-25(20)22/h4-5,7-8,10-11,18-19,22H,3,6,9,12-17H2,1-2H3,(H,28,29)/t18-,19-,22?/m1/s1. The summed E-state index contributed by atoms with van der Waals surface area (Å²) in [7, 11) is 4.48. The van der Waals surface area contributed by atoms with Crippen molar-refractivity contribution in [1.29, 1.82) is 0 Å². The molecule has 1 aromatic carbocycles. The van der Waals surface area contributed by atoms with Gasteiger partial charge in [0.25, 0.3) is 0 Å². The summed E-state index contributed by atoms with van der Waals surface area (Å²) in [6.45, 7) is 5.54. The Hall–Kier alpha value is -2.44. The van der Waals surface area contributed by atoms with Gasteiger partial charge in [0.1, 0.15) is 11.3 Å². The maximum absolute atomic E-state index is 5.12. The van der Waals surface area contributed by atoms with Gasteiger partial charge in [0.05, 0.1) is 29.5 Å². The third-order valence-electron chi connectivity index (χ3n) is 7.74. The van der Waals surface area contributed by atoms with Crippen LogP contribution in [0.15, 0.2) is 36.5 Å². The van der Waals surface area contributed by atoms with Crippen LogP contribution in [0.5, 0.6) is 0 Å². The molecule has 1 N–H and O–H groups in total. The summed E-state index contributed by atoms with van der Waals surface area (Å²) in [5.41, 5.74) is 6.25. The number of piperidine rings is 2. The third-order valence-corrected chi connectivity index (χ3v) is 7.74. The van der Waals surface area contributed by atoms with E-state index in [9.17, 15) is 0 Å². The second-order valence-electron chi connectivity index (χ2n) is 10.3. The Morgan fingerprint density at radius 3 is 2.78 bits per heavy atom. The summed E-state index contributed by atoms with van der Waals surface area (Å²) in [5, 5.41) is 0. The molecule has 2 bridgehead atoms. The Bertz CT molecular complexity index is 1090. The number of para-hydroxylation sites is 1. The molecule has 6 rings (SSSR count). The Morgan fingerprint density at radius 1 is 1.09 bits per heavy atom. The molecule has 0 radical (unpaired) electrons. The van der Waals surface area contributed by atoms with Crippen LogP contribution in [-0.2, 0) is 13.0 Å². The normalized spacial score (nSPS) is 26.0. The van der Waals surface area contributed by atoms with E-state index in [1.54, 1.807) is 0 Å². The van der Waals surface area contributed by atoms with Crippen molar-refractivity contribution >= 4 is 16.7 Å². The van der Waals surface area contributed by atoms with Gasteiger partial charge in [0.2, 0.25) is 0 Å². The van der Waals surface area contributed by atoms with E-state index in [2.05, 4.69) is 64.1 Å². The number of rotatable bonds is 4. The van der Waals surface area contributed by atoms with Gasteiger partial charge in [-0.05, 0) is 75.4 Å². The van der Waals surface area contributed by atoms with Gasteiger partial charge in [-0.15, -0.1) is 0 Å². The van der Waals surface area contributed by atoms with Crippen LogP contribution < -0.4 is 4.90 Å². The number of imidazole rings is 1. The topological polar surface area (TPSA) is 51.3 Å². The average molecular weight is 431 g/mol. The van der Waals surface area contributed by atoms with Crippen LogP contribution in [0.1, 0.15) is 42.4 Å². The van der Waals surface area contributed by atoms with Gasteiger partial charge < -0.3 is 14.8 Å². The molecule has 3 aliphatic rings. The molecule has 6 heteroatoms. The van der Waals surface area contributed by atoms with Crippen LogP contribution >= 0.6 is 0 Å². The molecule has 2 fully saturated rings. The molecule has 6 nitrogen and oxygen atoms in total. The second-order valence-corrected chi connectivity index (χ2v) is 10.3. The van der Waals surface area contributed by atoms with Crippen molar-refractivity contribution < 1.29 is 0 Å². The quantitative estimate of drug-likeness (QED) is 0.681. The zero-order chi connectivity index (χ0) is 21.7. The van der Waals surface area contributed by atoms with Crippen molar-refractivity contribution in [2.45, 2.75) is 38.3 Å². The zero-order valence-corrected chi connectivity index (χ0v) is 19.3. The molecule has 32 heavy (non-hydrogen) atoms. The van der Waals surface area contributed by atoms with Crippen LogP contribution in [0.2, 0.25) is 0 Å². The average Bonchev–Trinajstić information content (AvgIpc) is 3.20. The molecule has 3 atom stereocenters. The molecule has 168 valence electrons. The third kappa shape index (κ3) is 3.69. The highest BCUT2D eigenvalue weighted by Crippen LogP contribution is 2.35.